The maximum atomic E-state index is 12.9. The minimum Gasteiger partial charge on any atom is -0.506 e. The Kier molecular flexibility index (Phi) is 6.95. The molecule has 36 heavy (non-hydrogen) atoms. The van der Waals surface area contributed by atoms with Crippen LogP contribution in [0.15, 0.2) is 96.6 Å². The van der Waals surface area contributed by atoms with Crippen LogP contribution in [0.3, 0.4) is 0 Å². The standard InChI is InChI=1S/C29H18O6.Na/c30-26-19-12-6-4-10-17(19)21(14-23(26)28(32)33)25(16-8-2-1-3-9-16)22-15-24(29(34)35)27(31)20-13-7-5-11-18(20)22;/h1-15,30H,(H,32,33)(H,34,35);/b25-22+;. The molecule has 5 rings (SSSR count). The molecule has 7 heteroatoms. The number of allylic oxidation sites excluding steroid dienone is 2. The van der Waals surface area contributed by atoms with Gasteiger partial charge in [0.15, 0.2) is 0 Å². The van der Waals surface area contributed by atoms with Crippen LogP contribution in [0.2, 0.25) is 0 Å². The van der Waals surface area contributed by atoms with E-state index in [2.05, 4.69) is 0 Å². The normalized spacial score (nSPS) is 13.9. The molecule has 0 atom stereocenters. The summed E-state index contributed by atoms with van der Waals surface area (Å²) in [4.78, 5) is 36.9. The first-order valence-corrected chi connectivity index (χ1v) is 10.8. The van der Waals surface area contributed by atoms with Crippen LogP contribution in [-0.4, -0.2) is 62.6 Å². The average Bonchev–Trinajstić information content (AvgIpc) is 2.87. The fourth-order valence-electron chi connectivity index (χ4n) is 4.51. The number of ketones is 1. The first-order valence-electron chi connectivity index (χ1n) is 10.8. The van der Waals surface area contributed by atoms with E-state index in [9.17, 15) is 29.7 Å². The van der Waals surface area contributed by atoms with Crippen molar-refractivity contribution in [1.82, 2.24) is 0 Å². The molecule has 0 bridgehead atoms. The third-order valence-electron chi connectivity index (χ3n) is 6.07. The van der Waals surface area contributed by atoms with E-state index in [0.29, 0.717) is 38.6 Å². The number of carbonyl (C=O) groups excluding carboxylic acids is 1. The van der Waals surface area contributed by atoms with Gasteiger partial charge in [0.05, 0.1) is 0 Å². The summed E-state index contributed by atoms with van der Waals surface area (Å²) in [6, 6.07) is 24.1. The molecule has 4 aromatic carbocycles. The van der Waals surface area contributed by atoms with Gasteiger partial charge in [-0.05, 0) is 45.4 Å². The summed E-state index contributed by atoms with van der Waals surface area (Å²) in [6.45, 7) is 0. The Bertz CT molecular complexity index is 1620. The maximum absolute atomic E-state index is 12.9. The zero-order valence-electron chi connectivity index (χ0n) is 19.2. The van der Waals surface area contributed by atoms with E-state index in [1.807, 2.05) is 30.3 Å². The molecular weight excluding hydrogens is 467 g/mol. The van der Waals surface area contributed by atoms with Crippen LogP contribution in [0.4, 0.5) is 0 Å². The number of carbonyl (C=O) groups is 3. The van der Waals surface area contributed by atoms with Crippen LogP contribution in [0.5, 0.6) is 5.75 Å². The minimum atomic E-state index is -1.35. The third kappa shape index (κ3) is 4.16. The number of aromatic carboxylic acids is 1. The number of fused-ring (bicyclic) bond motifs is 2. The number of rotatable bonds is 4. The predicted octanol–water partition coefficient (Wildman–Crippen LogP) is 5.03. The molecule has 171 valence electrons. The molecule has 0 fully saturated rings. The number of Topliss-reactive ketones (excluding diaryl/α,β-unsaturated/α-hetero) is 1. The summed E-state index contributed by atoms with van der Waals surface area (Å²) in [6.07, 6.45) is 1.34. The summed E-state index contributed by atoms with van der Waals surface area (Å²) >= 11 is 0. The SMILES string of the molecule is O=C(O)C1=C/C(=C(/c2ccccc2)c2cc(C(=O)O)c(O)c3ccccc23)c2ccccc2C1=O.[Na]. The van der Waals surface area contributed by atoms with Gasteiger partial charge in [-0.15, -0.1) is 0 Å². The molecule has 0 aromatic heterocycles. The molecular formula is C29H18NaO6. The van der Waals surface area contributed by atoms with Gasteiger partial charge in [-0.3, -0.25) is 4.79 Å². The van der Waals surface area contributed by atoms with Crippen molar-refractivity contribution in [2.24, 2.45) is 0 Å². The van der Waals surface area contributed by atoms with Crippen molar-refractivity contribution in [2.45, 2.75) is 0 Å². The van der Waals surface area contributed by atoms with Crippen molar-refractivity contribution in [2.75, 3.05) is 0 Å². The molecule has 0 saturated heterocycles. The van der Waals surface area contributed by atoms with Gasteiger partial charge in [-0.1, -0.05) is 78.9 Å². The van der Waals surface area contributed by atoms with Crippen molar-refractivity contribution in [1.29, 1.82) is 0 Å². The van der Waals surface area contributed by atoms with Gasteiger partial charge >= 0.3 is 11.9 Å². The van der Waals surface area contributed by atoms with E-state index >= 15 is 0 Å². The summed E-state index contributed by atoms with van der Waals surface area (Å²) in [5.74, 6) is -3.59. The second kappa shape index (κ2) is 9.95. The predicted molar refractivity (Wildman–Crippen MR) is 137 cm³/mol. The second-order valence-corrected chi connectivity index (χ2v) is 8.06. The van der Waals surface area contributed by atoms with Gasteiger partial charge in [0.1, 0.15) is 16.9 Å². The number of phenols is 1. The van der Waals surface area contributed by atoms with E-state index in [-0.39, 0.29) is 52.0 Å². The smallest absolute Gasteiger partial charge is 0.339 e. The van der Waals surface area contributed by atoms with E-state index in [4.69, 9.17) is 0 Å². The summed E-state index contributed by atoms with van der Waals surface area (Å²) in [5.41, 5.74) is 2.32. The molecule has 6 nitrogen and oxygen atoms in total. The molecule has 0 aliphatic heterocycles. The maximum Gasteiger partial charge on any atom is 0.339 e. The number of carboxylic acids is 2. The minimum absolute atomic E-state index is 0. The fourth-order valence-corrected chi connectivity index (χ4v) is 4.51. The van der Waals surface area contributed by atoms with Crippen LogP contribution in [0.1, 0.15) is 37.4 Å². The number of aromatic hydroxyl groups is 1. The van der Waals surface area contributed by atoms with Gasteiger partial charge in [0.2, 0.25) is 5.78 Å². The first-order chi connectivity index (χ1) is 16.9. The van der Waals surface area contributed by atoms with Crippen molar-refractivity contribution in [3.63, 3.8) is 0 Å². The van der Waals surface area contributed by atoms with Crippen molar-refractivity contribution in [3.8, 4) is 5.75 Å². The largest absolute Gasteiger partial charge is 0.506 e. The van der Waals surface area contributed by atoms with Crippen LogP contribution in [-0.2, 0) is 4.79 Å². The molecule has 0 amide bonds. The fraction of sp³-hybridized carbons (Fsp3) is 0. The van der Waals surface area contributed by atoms with E-state index in [1.165, 1.54) is 12.1 Å². The van der Waals surface area contributed by atoms with Crippen LogP contribution < -0.4 is 0 Å². The molecule has 0 spiro atoms. The topological polar surface area (TPSA) is 112 Å². The molecule has 1 aliphatic carbocycles. The third-order valence-corrected chi connectivity index (χ3v) is 6.07. The summed E-state index contributed by atoms with van der Waals surface area (Å²) in [7, 11) is 0. The van der Waals surface area contributed by atoms with Gasteiger partial charge < -0.3 is 15.3 Å². The number of benzene rings is 4. The number of hydrogen-bond acceptors (Lipinski definition) is 4. The zero-order valence-corrected chi connectivity index (χ0v) is 21.2. The molecule has 1 aliphatic rings. The van der Waals surface area contributed by atoms with E-state index < -0.39 is 17.7 Å². The Morgan fingerprint density at radius 3 is 1.89 bits per heavy atom. The monoisotopic (exact) mass is 485 g/mol. The second-order valence-electron chi connectivity index (χ2n) is 8.06. The molecule has 0 heterocycles. The molecule has 1 radical (unpaired) electrons. The quantitative estimate of drug-likeness (QED) is 0.276. The molecule has 3 N–H and O–H groups in total. The van der Waals surface area contributed by atoms with Gasteiger partial charge in [0.25, 0.3) is 0 Å². The Morgan fingerprint density at radius 1 is 0.667 bits per heavy atom. The zero-order chi connectivity index (χ0) is 24.7. The van der Waals surface area contributed by atoms with Gasteiger partial charge in [0, 0.05) is 40.5 Å². The number of hydrogen-bond donors (Lipinski definition) is 3. The first kappa shape index (κ1) is 25.1. The van der Waals surface area contributed by atoms with Crippen LogP contribution >= 0.6 is 0 Å². The van der Waals surface area contributed by atoms with E-state index in [0.717, 1.165) is 0 Å². The van der Waals surface area contributed by atoms with Crippen LogP contribution in [0.25, 0.3) is 21.9 Å². The Morgan fingerprint density at radius 2 is 1.25 bits per heavy atom. The molecule has 4 aromatic rings. The van der Waals surface area contributed by atoms with Crippen LogP contribution in [0, 0.1) is 0 Å². The van der Waals surface area contributed by atoms with Crippen molar-refractivity contribution >= 4 is 69.2 Å². The summed E-state index contributed by atoms with van der Waals surface area (Å²) < 4.78 is 0. The van der Waals surface area contributed by atoms with Crippen molar-refractivity contribution in [3.05, 3.63) is 124 Å². The van der Waals surface area contributed by atoms with Gasteiger partial charge in [-0.2, -0.15) is 0 Å². The van der Waals surface area contributed by atoms with E-state index in [1.54, 1.807) is 48.5 Å². The Balaban J connectivity index is 0.00000304. The number of aliphatic carboxylic acids is 1. The Hall–Kier alpha value is -3.97. The Labute approximate surface area is 228 Å². The van der Waals surface area contributed by atoms with Crippen molar-refractivity contribution < 1.29 is 29.7 Å². The average molecular weight is 485 g/mol. The number of carboxylic acid groups (broad SMARTS) is 2. The molecule has 0 unspecified atom stereocenters. The van der Waals surface area contributed by atoms with Gasteiger partial charge in [-0.25, -0.2) is 9.59 Å². The summed E-state index contributed by atoms with van der Waals surface area (Å²) in [5, 5.41) is 31.2. The molecule has 0 saturated carbocycles.